The predicted octanol–water partition coefficient (Wildman–Crippen LogP) is 4.06. The van der Waals surface area contributed by atoms with Crippen LogP contribution in [0.3, 0.4) is 0 Å². The molecule has 0 aromatic carbocycles. The van der Waals surface area contributed by atoms with Crippen LogP contribution in [0, 0.1) is 5.92 Å². The van der Waals surface area contributed by atoms with Gasteiger partial charge in [-0.2, -0.15) is 0 Å². The van der Waals surface area contributed by atoms with Gasteiger partial charge in [-0.15, -0.1) is 0 Å². The summed E-state index contributed by atoms with van der Waals surface area (Å²) in [5.41, 5.74) is 0.0331. The first-order valence-electron chi connectivity index (χ1n) is 11.1. The van der Waals surface area contributed by atoms with Crippen molar-refractivity contribution in [3.63, 3.8) is 0 Å². The number of esters is 1. The molecule has 1 aliphatic carbocycles. The van der Waals surface area contributed by atoms with Crippen molar-refractivity contribution >= 4 is 31.4 Å². The van der Waals surface area contributed by atoms with Crippen molar-refractivity contribution in [3.05, 3.63) is 33.6 Å². The lowest BCUT2D eigenvalue weighted by Gasteiger charge is -2.13. The zero-order valence-electron chi connectivity index (χ0n) is 19.6. The molecule has 1 aliphatic rings. The number of rotatable bonds is 14. The van der Waals surface area contributed by atoms with Gasteiger partial charge in [-0.3, -0.25) is 9.59 Å². The van der Waals surface area contributed by atoms with Gasteiger partial charge in [-0.05, 0) is 32.1 Å². The van der Waals surface area contributed by atoms with Crippen LogP contribution in [-0.2, 0) is 34.0 Å². The van der Waals surface area contributed by atoms with Crippen molar-refractivity contribution < 1.29 is 31.2 Å². The lowest BCUT2D eigenvalue weighted by molar-refractivity contribution is -0.140. The molecule has 0 amide bonds. The number of carbonyl (C=O) groups excluding carboxylic acids is 2. The molecule has 0 radical (unpaired) electrons. The van der Waals surface area contributed by atoms with Gasteiger partial charge in [0.25, 0.3) is 0 Å². The van der Waals surface area contributed by atoms with Crippen LogP contribution in [0.4, 0.5) is 0 Å². The number of methoxy groups -OCH3 is 1. The monoisotopic (exact) mass is 488 g/mol. The number of carbonyl (C=O) groups is 2. The summed E-state index contributed by atoms with van der Waals surface area (Å²) in [4.78, 5) is 23.8. The fraction of sp³-hybridized carbons (Fsp3) is 0.652. The maximum absolute atomic E-state index is 13.0. The molecule has 0 fully saturated rings. The van der Waals surface area contributed by atoms with E-state index in [9.17, 15) is 26.4 Å². The fourth-order valence-corrected chi connectivity index (χ4v) is 5.63. The van der Waals surface area contributed by atoms with Crippen molar-refractivity contribution in [1.82, 2.24) is 0 Å². The van der Waals surface area contributed by atoms with Gasteiger partial charge in [0, 0.05) is 30.4 Å². The second-order valence-electron chi connectivity index (χ2n) is 8.18. The Morgan fingerprint density at radius 3 is 2.19 bits per heavy atom. The molecule has 182 valence electrons. The Bertz CT molecular complexity index is 968. The Morgan fingerprint density at radius 2 is 1.62 bits per heavy atom. The Balaban J connectivity index is 3.15. The van der Waals surface area contributed by atoms with Crippen LogP contribution >= 0.6 is 0 Å². The fourth-order valence-electron chi connectivity index (χ4n) is 3.65. The van der Waals surface area contributed by atoms with E-state index in [4.69, 9.17) is 0 Å². The maximum atomic E-state index is 13.0. The lowest BCUT2D eigenvalue weighted by Crippen LogP contribution is -2.16. The molecule has 0 saturated heterocycles. The minimum absolute atomic E-state index is 0.0175. The quantitative estimate of drug-likeness (QED) is 0.157. The first-order chi connectivity index (χ1) is 14.9. The molecular weight excluding hydrogens is 452 g/mol. The van der Waals surface area contributed by atoms with Crippen LogP contribution in [0.5, 0.6) is 0 Å². The summed E-state index contributed by atoms with van der Waals surface area (Å²) in [5.74, 6) is -1.75. The highest BCUT2D eigenvalue weighted by Crippen LogP contribution is 2.36. The van der Waals surface area contributed by atoms with Crippen LogP contribution in [0.2, 0.25) is 0 Å². The van der Waals surface area contributed by atoms with Gasteiger partial charge in [0.1, 0.15) is 4.91 Å². The summed E-state index contributed by atoms with van der Waals surface area (Å²) in [6.45, 7) is 2.12. The molecule has 0 heterocycles. The molecule has 32 heavy (non-hydrogen) atoms. The van der Waals surface area contributed by atoms with Crippen LogP contribution in [-0.4, -0.2) is 48.2 Å². The largest absolute Gasteiger partial charge is 0.469 e. The molecular formula is C23H36O7S2. The summed E-state index contributed by atoms with van der Waals surface area (Å²) < 4.78 is 53.9. The van der Waals surface area contributed by atoms with Crippen molar-refractivity contribution in [1.29, 1.82) is 0 Å². The Hall–Kier alpha value is -1.74. The third-order valence-electron chi connectivity index (χ3n) is 5.36. The van der Waals surface area contributed by atoms with Gasteiger partial charge in [0.05, 0.1) is 12.0 Å². The first kappa shape index (κ1) is 28.3. The zero-order valence-corrected chi connectivity index (χ0v) is 21.2. The highest BCUT2D eigenvalue weighted by Gasteiger charge is 2.37. The maximum Gasteiger partial charge on any atom is 0.305 e. The molecule has 0 spiro atoms. The van der Waals surface area contributed by atoms with E-state index in [1.165, 1.54) is 13.2 Å². The van der Waals surface area contributed by atoms with Crippen molar-refractivity contribution in [2.75, 3.05) is 19.6 Å². The van der Waals surface area contributed by atoms with E-state index >= 15 is 0 Å². The second kappa shape index (κ2) is 13.1. The third kappa shape index (κ3) is 9.02. The Kier molecular flexibility index (Phi) is 11.6. The minimum atomic E-state index is -3.78. The van der Waals surface area contributed by atoms with E-state index in [1.54, 1.807) is 6.08 Å². The van der Waals surface area contributed by atoms with E-state index in [0.29, 0.717) is 19.3 Å². The third-order valence-corrected chi connectivity index (χ3v) is 7.80. The minimum Gasteiger partial charge on any atom is -0.469 e. The summed E-state index contributed by atoms with van der Waals surface area (Å²) in [6.07, 6.45) is 14.0. The number of Topliss-reactive ketones (excluding diaryl/α,β-unsaturated/α-hetero) is 1. The normalized spacial score (nSPS) is 18.8. The average Bonchev–Trinajstić information content (AvgIpc) is 3.02. The van der Waals surface area contributed by atoms with Gasteiger partial charge in [-0.25, -0.2) is 16.8 Å². The van der Waals surface area contributed by atoms with E-state index in [0.717, 1.165) is 44.6 Å². The zero-order chi connectivity index (χ0) is 24.4. The van der Waals surface area contributed by atoms with Gasteiger partial charge >= 0.3 is 5.97 Å². The van der Waals surface area contributed by atoms with E-state index in [-0.39, 0.29) is 34.2 Å². The van der Waals surface area contributed by atoms with Crippen LogP contribution < -0.4 is 0 Å². The van der Waals surface area contributed by atoms with Gasteiger partial charge in [0.2, 0.25) is 5.78 Å². The molecule has 0 bridgehead atoms. The van der Waals surface area contributed by atoms with Crippen molar-refractivity contribution in [2.24, 2.45) is 5.92 Å². The number of unbranched alkanes of at least 4 members (excludes halogenated alkanes) is 6. The number of allylic oxidation sites excluding steroid dienone is 6. The number of hydrogen-bond acceptors (Lipinski definition) is 7. The number of hydrogen-bond donors (Lipinski definition) is 0. The molecule has 0 aromatic rings. The smallest absolute Gasteiger partial charge is 0.305 e. The highest BCUT2D eigenvalue weighted by molar-refractivity contribution is 7.95. The summed E-state index contributed by atoms with van der Waals surface area (Å²) in [6, 6.07) is 0. The van der Waals surface area contributed by atoms with E-state index in [1.807, 2.05) is 6.08 Å². The molecule has 0 aliphatic heterocycles. The van der Waals surface area contributed by atoms with Crippen LogP contribution in [0.1, 0.15) is 71.1 Å². The average molecular weight is 489 g/mol. The van der Waals surface area contributed by atoms with Gasteiger partial charge in [-0.1, -0.05) is 50.8 Å². The molecule has 1 unspecified atom stereocenters. The van der Waals surface area contributed by atoms with Crippen LogP contribution in [0.15, 0.2) is 33.6 Å². The summed E-state index contributed by atoms with van der Waals surface area (Å²) in [7, 11) is -6.20. The number of ketones is 1. The van der Waals surface area contributed by atoms with Crippen molar-refractivity contribution in [2.45, 2.75) is 71.1 Å². The van der Waals surface area contributed by atoms with Gasteiger partial charge in [0.15, 0.2) is 19.7 Å². The predicted molar refractivity (Wildman–Crippen MR) is 126 cm³/mol. The molecule has 1 rings (SSSR count). The molecule has 1 atom stereocenters. The Morgan fingerprint density at radius 1 is 1.00 bits per heavy atom. The standard InChI is InChI=1S/C23H36O7S2/c1-5-6-7-8-9-11-14-18-17-20(32(4,28)29)23(25)22(18)19(31(3,26)27)15-12-10-13-16-21(24)30-2/h11,14,17-18H,5-10,12-13,15-16H2,1-4H3. The lowest BCUT2D eigenvalue weighted by atomic mass is 9.98. The second-order valence-corrected chi connectivity index (χ2v) is 12.2. The van der Waals surface area contributed by atoms with E-state index < -0.39 is 31.4 Å². The Labute approximate surface area is 192 Å². The molecule has 0 N–H and O–H groups in total. The summed E-state index contributed by atoms with van der Waals surface area (Å²) in [5, 5.41) is 0. The topological polar surface area (TPSA) is 112 Å². The number of ether oxygens (including phenoxy) is 1. The molecule has 9 heteroatoms. The van der Waals surface area contributed by atoms with Gasteiger partial charge < -0.3 is 4.74 Å². The molecule has 7 nitrogen and oxygen atoms in total. The number of sulfone groups is 2. The SMILES string of the molecule is CCCCCCC=CC1C=C(S(C)(=O)=O)C(=O)C1=C(CCCCCC(=O)OC)S(C)(=O)=O. The highest BCUT2D eigenvalue weighted by atomic mass is 32.2. The summed E-state index contributed by atoms with van der Waals surface area (Å²) >= 11 is 0. The van der Waals surface area contributed by atoms with Crippen LogP contribution in [0.25, 0.3) is 0 Å². The first-order valence-corrected chi connectivity index (χ1v) is 14.8. The van der Waals surface area contributed by atoms with Crippen molar-refractivity contribution in [3.8, 4) is 0 Å². The molecule has 0 aromatic heterocycles. The van der Waals surface area contributed by atoms with E-state index in [2.05, 4.69) is 11.7 Å². The molecule has 0 saturated carbocycles.